The number of hydrogen-bond acceptors (Lipinski definition) is 6. The van der Waals surface area contributed by atoms with Gasteiger partial charge in [-0.3, -0.25) is 19.3 Å². The predicted molar refractivity (Wildman–Crippen MR) is 245 cm³/mol. The highest BCUT2D eigenvalue weighted by Crippen LogP contribution is 2.60. The van der Waals surface area contributed by atoms with Gasteiger partial charge in [0.25, 0.3) is 11.8 Å². The fourth-order valence-corrected chi connectivity index (χ4v) is 14.6. The Bertz CT molecular complexity index is 2650. The van der Waals surface area contributed by atoms with Gasteiger partial charge in [-0.1, -0.05) is 120 Å². The minimum Gasteiger partial charge on any atom is -0.497 e. The molecule has 1 N–H and O–H groups in total. The Balaban J connectivity index is 1.06. The van der Waals surface area contributed by atoms with Gasteiger partial charge in [0.05, 0.1) is 57.8 Å². The Morgan fingerprint density at radius 2 is 1.59 bits per heavy atom. The van der Waals surface area contributed by atoms with Crippen molar-refractivity contribution in [3.63, 3.8) is 0 Å². The number of methoxy groups -OCH3 is 1. The molecule has 11 heteroatoms. The third-order valence-electron chi connectivity index (χ3n) is 13.2. The van der Waals surface area contributed by atoms with Crippen LogP contribution in [-0.4, -0.2) is 62.2 Å². The first-order valence-electron chi connectivity index (χ1n) is 20.8. The van der Waals surface area contributed by atoms with Crippen LogP contribution in [0.2, 0.25) is 18.6 Å². The van der Waals surface area contributed by atoms with E-state index < -0.39 is 19.8 Å². The van der Waals surface area contributed by atoms with E-state index in [-0.39, 0.29) is 55.3 Å². The topological polar surface area (TPSA) is 99.6 Å². The fourth-order valence-electron chi connectivity index (χ4n) is 10.3. The van der Waals surface area contributed by atoms with Crippen molar-refractivity contribution in [1.29, 1.82) is 0 Å². The van der Waals surface area contributed by atoms with Crippen LogP contribution in [0.3, 0.4) is 0 Å². The monoisotopic (exact) mass is 893 g/mol. The lowest BCUT2D eigenvalue weighted by Crippen LogP contribution is -2.52. The molecule has 9 rings (SSSR count). The maximum atomic E-state index is 15.5. The Kier molecular flexibility index (Phi) is 10.7. The Morgan fingerprint density at radius 3 is 2.30 bits per heavy atom. The van der Waals surface area contributed by atoms with Gasteiger partial charge >= 0.3 is 0 Å². The van der Waals surface area contributed by atoms with Gasteiger partial charge in [-0.05, 0) is 76.7 Å². The van der Waals surface area contributed by atoms with Crippen LogP contribution in [0.25, 0.3) is 10.8 Å². The van der Waals surface area contributed by atoms with Crippen molar-refractivity contribution in [2.45, 2.75) is 56.8 Å². The van der Waals surface area contributed by atoms with Crippen molar-refractivity contribution in [2.24, 2.45) is 5.92 Å². The van der Waals surface area contributed by atoms with E-state index in [1.54, 1.807) is 16.9 Å². The molecule has 3 aliphatic rings. The molecule has 0 saturated carbocycles. The van der Waals surface area contributed by atoms with E-state index in [0.29, 0.717) is 12.1 Å². The van der Waals surface area contributed by atoms with Gasteiger partial charge in [-0.25, -0.2) is 0 Å². The number of rotatable bonds is 12. The number of aliphatic hydroxyl groups excluding tert-OH is 1. The van der Waals surface area contributed by atoms with E-state index in [2.05, 4.69) is 48.1 Å². The summed E-state index contributed by atoms with van der Waals surface area (Å²) in [6.45, 7) is 7.37. The van der Waals surface area contributed by atoms with Crippen LogP contribution in [0.1, 0.15) is 40.4 Å². The number of amides is 3. The number of anilines is 3. The summed E-state index contributed by atoms with van der Waals surface area (Å²) in [7, 11) is -0.886. The normalized spacial score (nSPS) is 20.5. The van der Waals surface area contributed by atoms with Gasteiger partial charge in [-0.15, -0.1) is 0 Å². The van der Waals surface area contributed by atoms with E-state index in [4.69, 9.17) is 9.47 Å². The maximum absolute atomic E-state index is 15.5. The molecule has 6 aromatic carbocycles. The third kappa shape index (κ3) is 6.88. The van der Waals surface area contributed by atoms with Crippen LogP contribution in [-0.2, 0) is 33.0 Å². The summed E-state index contributed by atoms with van der Waals surface area (Å²) in [5.41, 5.74) is 4.19. The zero-order chi connectivity index (χ0) is 42.6. The van der Waals surface area contributed by atoms with E-state index in [0.717, 1.165) is 54.7 Å². The quantitative estimate of drug-likeness (QED) is 0.123. The molecule has 3 heterocycles. The average molecular weight is 895 g/mol. The van der Waals surface area contributed by atoms with Gasteiger partial charge in [0.1, 0.15) is 5.75 Å². The largest absolute Gasteiger partial charge is 0.497 e. The molecular formula is C50H48BrN3O6Si. The Morgan fingerprint density at radius 1 is 0.869 bits per heavy atom. The summed E-state index contributed by atoms with van der Waals surface area (Å²) < 4.78 is 13.6. The second-order valence-electron chi connectivity index (χ2n) is 16.9. The molecule has 1 saturated heterocycles. The molecule has 0 aliphatic carbocycles. The van der Waals surface area contributed by atoms with E-state index in [1.807, 2.05) is 126 Å². The second-order valence-corrected chi connectivity index (χ2v) is 22.5. The minimum absolute atomic E-state index is 0.0566. The molecule has 0 aromatic heterocycles. The van der Waals surface area contributed by atoms with Crippen LogP contribution in [0.15, 0.2) is 138 Å². The first kappa shape index (κ1) is 40.8. The van der Waals surface area contributed by atoms with E-state index in [9.17, 15) is 14.7 Å². The summed E-state index contributed by atoms with van der Waals surface area (Å²) >= 11 is 3.71. The Hall–Kier alpha value is -5.59. The number of carbonyl (C=O) groups is 3. The van der Waals surface area contributed by atoms with Gasteiger partial charge in [-0.2, -0.15) is 0 Å². The average Bonchev–Trinajstić information content (AvgIpc) is 3.82. The number of carbonyl (C=O) groups excluding carboxylic acids is 3. The molecule has 4 atom stereocenters. The molecule has 3 aliphatic heterocycles. The van der Waals surface area contributed by atoms with Crippen molar-refractivity contribution in [1.82, 2.24) is 4.90 Å². The molecule has 61 heavy (non-hydrogen) atoms. The van der Waals surface area contributed by atoms with Crippen LogP contribution >= 0.6 is 15.9 Å². The summed E-state index contributed by atoms with van der Waals surface area (Å²) in [5, 5.41) is 13.2. The second kappa shape index (κ2) is 16.0. The van der Waals surface area contributed by atoms with Crippen LogP contribution in [0.5, 0.6) is 5.75 Å². The van der Waals surface area contributed by atoms with Crippen LogP contribution < -0.4 is 19.7 Å². The number of benzene rings is 6. The molecule has 0 radical (unpaired) electrons. The van der Waals surface area contributed by atoms with Gasteiger partial charge < -0.3 is 24.4 Å². The van der Waals surface area contributed by atoms with Crippen molar-refractivity contribution in [2.75, 3.05) is 30.1 Å². The summed E-state index contributed by atoms with van der Waals surface area (Å²) in [5.74, 6) is 0.0876. The van der Waals surface area contributed by atoms with Gasteiger partial charge in [0, 0.05) is 40.1 Å². The van der Waals surface area contributed by atoms with Crippen molar-refractivity contribution in [3.8, 4) is 5.75 Å². The van der Waals surface area contributed by atoms with Crippen molar-refractivity contribution < 1.29 is 29.0 Å². The minimum atomic E-state index is -2.54. The smallest absolute Gasteiger partial charge is 0.264 e. The first-order valence-corrected chi connectivity index (χ1v) is 24.7. The van der Waals surface area contributed by atoms with Crippen molar-refractivity contribution >= 4 is 74.7 Å². The molecule has 0 bridgehead atoms. The van der Waals surface area contributed by atoms with Crippen LogP contribution in [0, 0.1) is 5.92 Å². The van der Waals surface area contributed by atoms with Crippen molar-refractivity contribution in [3.05, 3.63) is 160 Å². The number of fused-ring (bicyclic) bond motifs is 2. The van der Waals surface area contributed by atoms with Gasteiger partial charge in [0.2, 0.25) is 5.91 Å². The summed E-state index contributed by atoms with van der Waals surface area (Å²) in [6.07, 6.45) is -0.536. The van der Waals surface area contributed by atoms with Gasteiger partial charge in [0.15, 0.2) is 5.60 Å². The number of aliphatic hydroxyl groups is 1. The molecular weight excluding hydrogens is 847 g/mol. The molecule has 1 spiro atoms. The summed E-state index contributed by atoms with van der Waals surface area (Å²) in [6, 6.07) is 43.5. The fraction of sp³-hybridized carbons (Fsp3) is 0.260. The molecule has 9 nitrogen and oxygen atoms in total. The first-order chi connectivity index (χ1) is 29.5. The van der Waals surface area contributed by atoms with Crippen LogP contribution in [0.4, 0.5) is 17.1 Å². The molecule has 0 unspecified atom stereocenters. The SMILES string of the molecule is COc1ccc([Si](C)(C)[C@H]2[C@H](CC(=O)N(CCO)Cc3ccccc3)O[C@@]3(C(=O)N(Cc4ccc(N5C(=O)c6cccc7cccc5c67)cc4)c4ccc(Br)cc43)[C@@H]2C)cc1. The van der Waals surface area contributed by atoms with E-state index >= 15 is 4.79 Å². The highest BCUT2D eigenvalue weighted by atomic mass is 79.9. The number of ether oxygens (including phenoxy) is 2. The highest BCUT2D eigenvalue weighted by Gasteiger charge is 2.66. The summed E-state index contributed by atoms with van der Waals surface area (Å²) in [4.78, 5) is 48.9. The standard InChI is InChI=1S/C50H48BrN3O6Si/c1-32-47(61(3,4)39-23-21-38(59-2)22-24-39)44(29-45(56)52(26-27-55)30-33-10-6-5-7-11-33)60-50(32)41-28-36(51)18-25-42(41)53(49(50)58)31-34-16-19-37(20-17-34)54-43-15-9-13-35-12-8-14-40(46(35)43)48(54)57/h5-25,28,32,44,47,55H,26-27,29-31H2,1-4H3/t32-,44+,47-,50+/m1/s1. The van der Waals surface area contributed by atoms with E-state index in [1.165, 1.54) is 5.19 Å². The maximum Gasteiger partial charge on any atom is 0.264 e. The molecule has 310 valence electrons. The zero-order valence-corrected chi connectivity index (χ0v) is 37.3. The lowest BCUT2D eigenvalue weighted by Gasteiger charge is -2.37. The number of halogens is 1. The zero-order valence-electron chi connectivity index (χ0n) is 34.7. The lowest BCUT2D eigenvalue weighted by atomic mass is 9.82. The predicted octanol–water partition coefficient (Wildman–Crippen LogP) is 9.08. The highest BCUT2D eigenvalue weighted by molar-refractivity contribution is 9.10. The molecule has 6 aromatic rings. The number of hydrogen-bond donors (Lipinski definition) is 1. The molecule has 1 fully saturated rings. The molecule has 3 amide bonds. The Labute approximate surface area is 365 Å². The lowest BCUT2D eigenvalue weighted by molar-refractivity contribution is -0.150. The number of nitrogens with zero attached hydrogens (tertiary/aromatic N) is 3. The third-order valence-corrected chi connectivity index (χ3v) is 18.1.